The molecule has 0 unspecified atom stereocenters. The van der Waals surface area contributed by atoms with E-state index in [1.807, 2.05) is 11.3 Å². The first kappa shape index (κ1) is 16.9. The van der Waals surface area contributed by atoms with Gasteiger partial charge in [-0.25, -0.2) is 9.37 Å². The van der Waals surface area contributed by atoms with Gasteiger partial charge in [-0.05, 0) is 59.1 Å². The number of aromatic nitrogens is 1. The lowest BCUT2D eigenvalue weighted by Gasteiger charge is -2.34. The average molecular weight is 397 g/mol. The molecule has 1 aliphatic rings. The highest BCUT2D eigenvalue weighted by Gasteiger charge is 2.30. The van der Waals surface area contributed by atoms with Gasteiger partial charge in [0.15, 0.2) is 0 Å². The van der Waals surface area contributed by atoms with E-state index < -0.39 is 0 Å². The lowest BCUT2D eigenvalue weighted by atomic mass is 9.98. The highest BCUT2D eigenvalue weighted by atomic mass is 32.1. The molecule has 0 spiro atoms. The molecule has 0 saturated heterocycles. The molecule has 136 valence electrons. The molecule has 0 radical (unpaired) electrons. The van der Waals surface area contributed by atoms with E-state index in [0.717, 1.165) is 30.8 Å². The van der Waals surface area contributed by atoms with Crippen molar-refractivity contribution in [1.82, 2.24) is 9.88 Å². The zero-order valence-electron chi connectivity index (χ0n) is 14.5. The summed E-state index contributed by atoms with van der Waals surface area (Å²) in [5.41, 5.74) is 3.10. The van der Waals surface area contributed by atoms with Crippen LogP contribution in [0.2, 0.25) is 0 Å². The fraction of sp³-hybridized carbons (Fsp3) is 0.190. The summed E-state index contributed by atoms with van der Waals surface area (Å²) in [5.74, 6) is 0.273. The zero-order chi connectivity index (χ0) is 18.2. The van der Waals surface area contributed by atoms with Crippen molar-refractivity contribution in [1.29, 1.82) is 0 Å². The Morgan fingerprint density at radius 1 is 1.11 bits per heavy atom. The van der Waals surface area contributed by atoms with Gasteiger partial charge in [-0.2, -0.15) is 0 Å². The van der Waals surface area contributed by atoms with Crippen molar-refractivity contribution < 1.29 is 8.81 Å². The van der Waals surface area contributed by atoms with E-state index in [4.69, 9.17) is 4.42 Å². The van der Waals surface area contributed by atoms with E-state index in [9.17, 15) is 4.39 Å². The molecule has 4 heterocycles. The highest BCUT2D eigenvalue weighted by Crippen LogP contribution is 2.40. The highest BCUT2D eigenvalue weighted by molar-refractivity contribution is 7.10. The van der Waals surface area contributed by atoms with Crippen LogP contribution in [0.15, 0.2) is 63.9 Å². The van der Waals surface area contributed by atoms with E-state index >= 15 is 0 Å². The molecule has 0 N–H and O–H groups in total. The van der Waals surface area contributed by atoms with E-state index in [2.05, 4.69) is 38.8 Å². The van der Waals surface area contributed by atoms with Gasteiger partial charge in [0.2, 0.25) is 5.89 Å². The Hall–Kier alpha value is -2.28. The standard InChI is InChI=1S/C21H17FN2OS2/c22-15-5-3-14(4-6-15)21-23-16(13-25-21)12-24-9-7-18-17(8-11-27-18)20(24)19-2-1-10-26-19/h1-6,8,10-11,13,20H,7,9,12H2/t20-/m0/s1. The Balaban J connectivity index is 1.42. The van der Waals surface area contributed by atoms with E-state index in [-0.39, 0.29) is 11.9 Å². The van der Waals surface area contributed by atoms with E-state index in [1.54, 1.807) is 29.7 Å². The second-order valence-corrected chi connectivity index (χ2v) is 8.57. The number of fused-ring (bicyclic) bond motifs is 1. The molecular formula is C21H17FN2OS2. The first-order chi connectivity index (χ1) is 13.3. The molecule has 5 rings (SSSR count). The summed E-state index contributed by atoms with van der Waals surface area (Å²) in [6.45, 7) is 1.72. The summed E-state index contributed by atoms with van der Waals surface area (Å²) in [5, 5.41) is 4.33. The number of nitrogens with zero attached hydrogens (tertiary/aromatic N) is 2. The van der Waals surface area contributed by atoms with Crippen LogP contribution >= 0.6 is 22.7 Å². The average Bonchev–Trinajstić information content (AvgIpc) is 3.44. The third-order valence-corrected chi connectivity index (χ3v) is 6.81. The van der Waals surface area contributed by atoms with Crippen LogP contribution in [0.1, 0.15) is 27.1 Å². The van der Waals surface area contributed by atoms with Crippen molar-refractivity contribution in [2.45, 2.75) is 19.0 Å². The van der Waals surface area contributed by atoms with Crippen LogP contribution in [0.4, 0.5) is 4.39 Å². The van der Waals surface area contributed by atoms with Crippen molar-refractivity contribution in [3.8, 4) is 11.5 Å². The number of hydrogen-bond donors (Lipinski definition) is 0. The Morgan fingerprint density at radius 3 is 2.81 bits per heavy atom. The normalized spacial score (nSPS) is 17.1. The topological polar surface area (TPSA) is 29.3 Å². The van der Waals surface area contributed by atoms with Crippen molar-refractivity contribution >= 4 is 22.7 Å². The summed E-state index contributed by atoms with van der Waals surface area (Å²) in [6.07, 6.45) is 2.78. The third kappa shape index (κ3) is 3.25. The maximum absolute atomic E-state index is 13.1. The lowest BCUT2D eigenvalue weighted by Crippen LogP contribution is -2.34. The fourth-order valence-corrected chi connectivity index (χ4v) is 5.41. The molecule has 1 aliphatic heterocycles. The van der Waals surface area contributed by atoms with Gasteiger partial charge >= 0.3 is 0 Å². The second-order valence-electron chi connectivity index (χ2n) is 6.59. The molecular weight excluding hydrogens is 379 g/mol. The van der Waals surface area contributed by atoms with E-state index in [1.165, 1.54) is 27.5 Å². The van der Waals surface area contributed by atoms with Gasteiger partial charge in [0.25, 0.3) is 0 Å². The summed E-state index contributed by atoms with van der Waals surface area (Å²) >= 11 is 3.65. The van der Waals surface area contributed by atoms with Crippen molar-refractivity contribution in [3.63, 3.8) is 0 Å². The predicted molar refractivity (Wildman–Crippen MR) is 106 cm³/mol. The van der Waals surface area contributed by atoms with Crippen LogP contribution in [-0.2, 0) is 13.0 Å². The Labute approximate surface area is 164 Å². The number of hydrogen-bond acceptors (Lipinski definition) is 5. The number of rotatable bonds is 4. The van der Waals surface area contributed by atoms with Gasteiger partial charge in [0, 0.05) is 28.4 Å². The summed E-state index contributed by atoms with van der Waals surface area (Å²) in [6, 6.07) is 13.1. The summed E-state index contributed by atoms with van der Waals surface area (Å²) in [4.78, 5) is 9.95. The smallest absolute Gasteiger partial charge is 0.226 e. The molecule has 1 atom stereocenters. The maximum atomic E-state index is 13.1. The van der Waals surface area contributed by atoms with Gasteiger partial charge in [-0.1, -0.05) is 6.07 Å². The zero-order valence-corrected chi connectivity index (χ0v) is 16.1. The van der Waals surface area contributed by atoms with Gasteiger partial charge in [0.1, 0.15) is 12.1 Å². The molecule has 0 fully saturated rings. The third-order valence-electron chi connectivity index (χ3n) is 4.89. The number of thiophene rings is 2. The quantitative estimate of drug-likeness (QED) is 0.440. The lowest BCUT2D eigenvalue weighted by molar-refractivity contribution is 0.206. The number of halogens is 1. The van der Waals surface area contributed by atoms with Crippen molar-refractivity contribution in [2.24, 2.45) is 0 Å². The molecule has 1 aromatic carbocycles. The Morgan fingerprint density at radius 2 is 2.00 bits per heavy atom. The van der Waals surface area contributed by atoms with Gasteiger partial charge < -0.3 is 4.42 Å². The molecule has 0 bridgehead atoms. The predicted octanol–water partition coefficient (Wildman–Crippen LogP) is 5.75. The van der Waals surface area contributed by atoms with Crippen molar-refractivity contribution in [3.05, 3.63) is 86.3 Å². The van der Waals surface area contributed by atoms with Crippen LogP contribution in [-0.4, -0.2) is 16.4 Å². The molecule has 4 aromatic rings. The first-order valence-electron chi connectivity index (χ1n) is 8.82. The van der Waals surface area contributed by atoms with Crippen LogP contribution in [0.25, 0.3) is 11.5 Å². The maximum Gasteiger partial charge on any atom is 0.226 e. The monoisotopic (exact) mass is 396 g/mol. The van der Waals surface area contributed by atoms with Gasteiger partial charge in [0.05, 0.1) is 11.7 Å². The first-order valence-corrected chi connectivity index (χ1v) is 10.6. The Bertz CT molecular complexity index is 1040. The van der Waals surface area contributed by atoms with Crippen LogP contribution in [0.5, 0.6) is 0 Å². The molecule has 0 saturated carbocycles. The second kappa shape index (κ2) is 7.03. The molecule has 3 nitrogen and oxygen atoms in total. The molecule has 3 aromatic heterocycles. The minimum absolute atomic E-state index is 0.260. The van der Waals surface area contributed by atoms with Crippen molar-refractivity contribution in [2.75, 3.05) is 6.54 Å². The SMILES string of the molecule is Fc1ccc(-c2nc(CN3CCc4sccc4[C@H]3c3cccs3)co2)cc1. The van der Waals surface area contributed by atoms with E-state index in [0.29, 0.717) is 5.89 Å². The Kier molecular flexibility index (Phi) is 4.39. The summed E-state index contributed by atoms with van der Waals surface area (Å²) in [7, 11) is 0. The molecule has 27 heavy (non-hydrogen) atoms. The largest absolute Gasteiger partial charge is 0.444 e. The molecule has 6 heteroatoms. The minimum Gasteiger partial charge on any atom is -0.444 e. The van der Waals surface area contributed by atoms with Gasteiger partial charge in [-0.15, -0.1) is 22.7 Å². The molecule has 0 amide bonds. The fourth-order valence-electron chi connectivity index (χ4n) is 3.63. The number of benzene rings is 1. The molecule has 0 aliphatic carbocycles. The summed E-state index contributed by atoms with van der Waals surface area (Å²) < 4.78 is 18.8. The van der Waals surface area contributed by atoms with Crippen LogP contribution < -0.4 is 0 Å². The van der Waals surface area contributed by atoms with Crippen LogP contribution in [0.3, 0.4) is 0 Å². The van der Waals surface area contributed by atoms with Crippen LogP contribution in [0, 0.1) is 5.82 Å². The number of oxazole rings is 1. The minimum atomic E-state index is -0.260. The van der Waals surface area contributed by atoms with Gasteiger partial charge in [-0.3, -0.25) is 4.90 Å².